The van der Waals surface area contributed by atoms with Crippen LogP contribution in [0.5, 0.6) is 0 Å². The van der Waals surface area contributed by atoms with Gasteiger partial charge in [-0.1, -0.05) is 43.7 Å². The number of hydrogen-bond donors (Lipinski definition) is 0. The Morgan fingerprint density at radius 1 is 1.11 bits per heavy atom. The van der Waals surface area contributed by atoms with E-state index >= 15 is 0 Å². The van der Waals surface area contributed by atoms with Gasteiger partial charge in [0.05, 0.1) is 0 Å². The molecule has 0 amide bonds. The number of hydrogen-bond acceptors (Lipinski definition) is 1. The second kappa shape index (κ2) is 5.32. The molecule has 0 aromatic heterocycles. The van der Waals surface area contributed by atoms with Gasteiger partial charge in [-0.05, 0) is 55.1 Å². The Balaban J connectivity index is 1.73. The van der Waals surface area contributed by atoms with Gasteiger partial charge in [-0.15, -0.1) is 0 Å². The largest absolute Gasteiger partial charge is 0.289 e. The molecule has 2 aliphatic rings. The molecule has 1 saturated carbocycles. The molecule has 1 heteroatoms. The lowest BCUT2D eigenvalue weighted by Crippen LogP contribution is -2.11. The normalized spacial score (nSPS) is 23.6. The van der Waals surface area contributed by atoms with E-state index in [-0.39, 0.29) is 5.78 Å². The zero-order chi connectivity index (χ0) is 13.2. The number of carbonyl (C=O) groups excluding carboxylic acids is 1. The lowest BCUT2D eigenvalue weighted by atomic mass is 9.79. The highest BCUT2D eigenvalue weighted by molar-refractivity contribution is 6.08. The molecular weight excluding hydrogens is 232 g/mol. The zero-order valence-corrected chi connectivity index (χ0v) is 11.7. The molecule has 0 N–H and O–H groups in total. The molecule has 0 saturated heterocycles. The summed E-state index contributed by atoms with van der Waals surface area (Å²) >= 11 is 0. The van der Waals surface area contributed by atoms with Gasteiger partial charge in [0, 0.05) is 5.56 Å². The molecule has 0 aliphatic heterocycles. The van der Waals surface area contributed by atoms with Crippen molar-refractivity contribution < 1.29 is 4.79 Å². The number of allylic oxidation sites excluding steroid dienone is 2. The topological polar surface area (TPSA) is 17.1 Å². The summed E-state index contributed by atoms with van der Waals surface area (Å²) in [6.07, 6.45) is 9.29. The van der Waals surface area contributed by atoms with Crippen molar-refractivity contribution in [3.63, 3.8) is 0 Å². The molecule has 19 heavy (non-hydrogen) atoms. The zero-order valence-electron chi connectivity index (χ0n) is 11.7. The molecule has 1 aromatic carbocycles. The molecule has 1 fully saturated rings. The molecule has 1 aromatic rings. The van der Waals surface area contributed by atoms with Crippen LogP contribution in [0.25, 0.3) is 0 Å². The highest BCUT2D eigenvalue weighted by Gasteiger charge is 2.21. The summed E-state index contributed by atoms with van der Waals surface area (Å²) in [6.45, 7) is 2.26. The summed E-state index contributed by atoms with van der Waals surface area (Å²) < 4.78 is 0. The Morgan fingerprint density at radius 3 is 2.37 bits per heavy atom. The van der Waals surface area contributed by atoms with E-state index < -0.39 is 0 Å². The van der Waals surface area contributed by atoms with Crippen LogP contribution >= 0.6 is 0 Å². The minimum absolute atomic E-state index is 0.243. The van der Waals surface area contributed by atoms with Gasteiger partial charge in [0.25, 0.3) is 0 Å². The van der Waals surface area contributed by atoms with Crippen LogP contribution in [0.2, 0.25) is 0 Å². The smallest absolute Gasteiger partial charge is 0.188 e. The fourth-order valence-electron chi connectivity index (χ4n) is 3.01. The van der Waals surface area contributed by atoms with Gasteiger partial charge < -0.3 is 0 Å². The lowest BCUT2D eigenvalue weighted by molar-refractivity contribution is 0.102. The van der Waals surface area contributed by atoms with Crippen molar-refractivity contribution in [3.05, 3.63) is 47.0 Å². The summed E-state index contributed by atoms with van der Waals surface area (Å²) in [6, 6.07) is 8.36. The quantitative estimate of drug-likeness (QED) is 0.702. The van der Waals surface area contributed by atoms with Crippen molar-refractivity contribution >= 4 is 5.78 Å². The molecule has 1 atom stereocenters. The van der Waals surface area contributed by atoms with Crippen molar-refractivity contribution in [3.8, 4) is 0 Å². The van der Waals surface area contributed by atoms with Crippen LogP contribution < -0.4 is 0 Å². The average molecular weight is 254 g/mol. The first kappa shape index (κ1) is 12.7. The Bertz CT molecular complexity index is 491. The Kier molecular flexibility index (Phi) is 3.54. The number of rotatable bonds is 3. The number of Topliss-reactive ketones (excluding diaryl/α,β-unsaturated/α-hetero) is 1. The first-order valence-electron chi connectivity index (χ1n) is 7.57. The minimum Gasteiger partial charge on any atom is -0.289 e. The molecule has 0 heterocycles. The van der Waals surface area contributed by atoms with Crippen LogP contribution in [0.15, 0.2) is 35.9 Å². The van der Waals surface area contributed by atoms with Crippen LogP contribution in [0.3, 0.4) is 0 Å². The first-order chi connectivity index (χ1) is 9.24. The maximum Gasteiger partial charge on any atom is 0.188 e. The molecule has 3 rings (SSSR count). The van der Waals surface area contributed by atoms with Crippen LogP contribution in [0, 0.1) is 5.92 Å². The molecule has 0 bridgehead atoms. The fourth-order valence-corrected chi connectivity index (χ4v) is 3.01. The standard InChI is InChI=1S/C18H22O/c1-13-5-7-16(8-6-13)18(19)17-11-9-15(10-12-17)14-3-2-4-14/h7,9-14H,2-6,8H2,1H3. The van der Waals surface area contributed by atoms with Crippen LogP contribution in [0.1, 0.15) is 67.3 Å². The summed E-state index contributed by atoms with van der Waals surface area (Å²) in [5, 5.41) is 0. The van der Waals surface area contributed by atoms with Crippen LogP contribution in [-0.2, 0) is 0 Å². The van der Waals surface area contributed by atoms with E-state index in [1.807, 2.05) is 12.1 Å². The first-order valence-corrected chi connectivity index (χ1v) is 7.57. The molecule has 100 valence electrons. The predicted molar refractivity (Wildman–Crippen MR) is 78.5 cm³/mol. The second-order valence-electron chi connectivity index (χ2n) is 6.19. The summed E-state index contributed by atoms with van der Waals surface area (Å²) in [5.41, 5.74) is 3.30. The minimum atomic E-state index is 0.243. The van der Waals surface area contributed by atoms with Crippen molar-refractivity contribution in [2.75, 3.05) is 0 Å². The van der Waals surface area contributed by atoms with E-state index in [1.54, 1.807) is 0 Å². The van der Waals surface area contributed by atoms with Crippen molar-refractivity contribution in [2.45, 2.75) is 51.4 Å². The lowest BCUT2D eigenvalue weighted by Gasteiger charge is -2.25. The number of benzene rings is 1. The van der Waals surface area contributed by atoms with Crippen molar-refractivity contribution in [2.24, 2.45) is 5.92 Å². The van der Waals surface area contributed by atoms with Gasteiger partial charge in [0.1, 0.15) is 0 Å². The Labute approximate surface area is 115 Å². The monoisotopic (exact) mass is 254 g/mol. The molecular formula is C18H22O. The predicted octanol–water partition coefficient (Wildman–Crippen LogP) is 4.88. The summed E-state index contributed by atoms with van der Waals surface area (Å²) in [7, 11) is 0. The van der Waals surface area contributed by atoms with Gasteiger partial charge in [-0.2, -0.15) is 0 Å². The third-order valence-electron chi connectivity index (χ3n) is 4.71. The van der Waals surface area contributed by atoms with E-state index in [0.29, 0.717) is 0 Å². The number of carbonyl (C=O) groups is 1. The van der Waals surface area contributed by atoms with Gasteiger partial charge in [0.15, 0.2) is 5.78 Å². The van der Waals surface area contributed by atoms with Gasteiger partial charge in [-0.25, -0.2) is 0 Å². The van der Waals surface area contributed by atoms with E-state index in [2.05, 4.69) is 25.1 Å². The second-order valence-corrected chi connectivity index (χ2v) is 6.19. The fraction of sp³-hybridized carbons (Fsp3) is 0.500. The molecule has 0 radical (unpaired) electrons. The maximum atomic E-state index is 12.4. The van der Waals surface area contributed by atoms with Crippen molar-refractivity contribution in [1.29, 1.82) is 0 Å². The number of ketones is 1. The van der Waals surface area contributed by atoms with E-state index in [9.17, 15) is 4.79 Å². The average Bonchev–Trinajstić information content (AvgIpc) is 2.38. The van der Waals surface area contributed by atoms with Gasteiger partial charge in [-0.3, -0.25) is 4.79 Å². The van der Waals surface area contributed by atoms with E-state index in [4.69, 9.17) is 0 Å². The molecule has 1 unspecified atom stereocenters. The Hall–Kier alpha value is -1.37. The maximum absolute atomic E-state index is 12.4. The summed E-state index contributed by atoms with van der Waals surface area (Å²) in [5.74, 6) is 1.73. The van der Waals surface area contributed by atoms with Crippen LogP contribution in [-0.4, -0.2) is 5.78 Å². The van der Waals surface area contributed by atoms with E-state index in [0.717, 1.165) is 42.2 Å². The molecule has 2 aliphatic carbocycles. The van der Waals surface area contributed by atoms with Gasteiger partial charge in [0.2, 0.25) is 0 Å². The van der Waals surface area contributed by atoms with Crippen LogP contribution in [0.4, 0.5) is 0 Å². The Morgan fingerprint density at radius 2 is 1.84 bits per heavy atom. The SMILES string of the molecule is CC1CC=C(C(=O)c2ccc(C3CCC3)cc2)CC1. The molecule has 0 spiro atoms. The van der Waals surface area contributed by atoms with E-state index in [1.165, 1.54) is 24.8 Å². The van der Waals surface area contributed by atoms with Gasteiger partial charge >= 0.3 is 0 Å². The third kappa shape index (κ3) is 2.65. The highest BCUT2D eigenvalue weighted by atomic mass is 16.1. The third-order valence-corrected chi connectivity index (χ3v) is 4.71. The van der Waals surface area contributed by atoms with Crippen molar-refractivity contribution in [1.82, 2.24) is 0 Å². The summed E-state index contributed by atoms with van der Waals surface area (Å²) in [4.78, 5) is 12.4. The molecule has 1 nitrogen and oxygen atoms in total. The highest BCUT2D eigenvalue weighted by Crippen LogP contribution is 2.36.